The lowest BCUT2D eigenvalue weighted by Crippen LogP contribution is -2.83. The molecule has 3 heteroatoms. The molecule has 4 rings (SSSR count). The second-order valence-corrected chi connectivity index (χ2v) is 8.48. The average Bonchev–Trinajstić information content (AvgIpc) is 2.53. The van der Waals surface area contributed by atoms with Gasteiger partial charge in [-0.3, -0.25) is 4.90 Å². The van der Waals surface area contributed by atoms with E-state index < -0.39 is 5.60 Å². The fraction of sp³-hybridized carbons (Fsp3) is 0.700. The van der Waals surface area contributed by atoms with Crippen molar-refractivity contribution < 1.29 is 9.84 Å². The summed E-state index contributed by atoms with van der Waals surface area (Å²) < 4.78 is 6.51. The molecule has 126 valence electrons. The van der Waals surface area contributed by atoms with E-state index in [1.54, 1.807) is 0 Å². The Morgan fingerprint density at radius 1 is 1.13 bits per heavy atom. The molecule has 0 unspecified atom stereocenters. The summed E-state index contributed by atoms with van der Waals surface area (Å²) in [4.78, 5) is 2.41. The van der Waals surface area contributed by atoms with Crippen LogP contribution in [0, 0.1) is 11.8 Å². The molecule has 3 aliphatic rings. The van der Waals surface area contributed by atoms with Crippen molar-refractivity contribution in [3.8, 4) is 0 Å². The van der Waals surface area contributed by atoms with Gasteiger partial charge in [-0.15, -0.1) is 0 Å². The number of aliphatic hydroxyl groups is 1. The summed E-state index contributed by atoms with van der Waals surface area (Å²) in [6.45, 7) is 9.15. The molecule has 3 nitrogen and oxygen atoms in total. The zero-order valence-electron chi connectivity index (χ0n) is 14.7. The van der Waals surface area contributed by atoms with Crippen molar-refractivity contribution in [2.45, 2.75) is 76.5 Å². The van der Waals surface area contributed by atoms with Crippen molar-refractivity contribution in [1.29, 1.82) is 0 Å². The first kappa shape index (κ1) is 15.6. The van der Waals surface area contributed by atoms with Crippen LogP contribution in [0.15, 0.2) is 30.3 Å². The number of nitrogens with zero attached hydrogens (tertiary/aromatic N) is 1. The van der Waals surface area contributed by atoms with Crippen LogP contribution in [-0.4, -0.2) is 33.9 Å². The molecule has 2 aliphatic heterocycles. The van der Waals surface area contributed by atoms with Crippen molar-refractivity contribution in [3.63, 3.8) is 0 Å². The average molecular weight is 315 g/mol. The van der Waals surface area contributed by atoms with Crippen LogP contribution in [0.25, 0.3) is 0 Å². The maximum atomic E-state index is 11.5. The lowest BCUT2D eigenvalue weighted by Gasteiger charge is -2.70. The molecule has 2 saturated heterocycles. The lowest BCUT2D eigenvalue weighted by atomic mass is 9.64. The molecular weight excluding hydrogens is 286 g/mol. The molecule has 1 aromatic rings. The van der Waals surface area contributed by atoms with E-state index in [0.29, 0.717) is 5.92 Å². The minimum atomic E-state index is -0.899. The minimum Gasteiger partial charge on any atom is -0.379 e. The predicted octanol–water partition coefficient (Wildman–Crippen LogP) is 3.52. The van der Waals surface area contributed by atoms with E-state index in [0.717, 1.165) is 17.9 Å². The van der Waals surface area contributed by atoms with Gasteiger partial charge in [0.2, 0.25) is 0 Å². The summed E-state index contributed by atoms with van der Waals surface area (Å²) in [5.74, 6) is 1.29. The Labute approximate surface area is 139 Å². The third kappa shape index (κ3) is 2.00. The molecule has 1 N–H and O–H groups in total. The summed E-state index contributed by atoms with van der Waals surface area (Å²) >= 11 is 0. The largest absolute Gasteiger partial charge is 0.379 e. The third-order valence-electron chi connectivity index (χ3n) is 6.85. The Hall–Kier alpha value is -0.900. The number of benzene rings is 1. The fourth-order valence-electron chi connectivity index (χ4n) is 5.46. The second kappa shape index (κ2) is 5.05. The number of hydrogen-bond donors (Lipinski definition) is 1. The van der Waals surface area contributed by atoms with Crippen molar-refractivity contribution >= 4 is 0 Å². The normalized spacial score (nSPS) is 45.7. The highest BCUT2D eigenvalue weighted by molar-refractivity contribution is 5.32. The summed E-state index contributed by atoms with van der Waals surface area (Å²) in [5.41, 5.74) is 0.157. The van der Waals surface area contributed by atoms with Gasteiger partial charge >= 0.3 is 0 Å². The van der Waals surface area contributed by atoms with Crippen molar-refractivity contribution in [1.82, 2.24) is 4.90 Å². The smallest absolute Gasteiger partial charge is 0.146 e. The standard InChI is InChI=1S/C20H29NO2/c1-13-10-11-16-17(12-13)23-18-20(22,15-8-6-5-7-9-15)14(2)21(18)19(16,3)4/h5-9,13-14,16-18,22H,10-12H2,1-4H3/t13-,14+,16-,17-,18+,20-/m1/s1. The van der Waals surface area contributed by atoms with Crippen LogP contribution in [0.1, 0.15) is 52.5 Å². The topological polar surface area (TPSA) is 32.7 Å². The Balaban J connectivity index is 1.70. The van der Waals surface area contributed by atoms with Gasteiger partial charge in [0.15, 0.2) is 0 Å². The number of ether oxygens (including phenoxy) is 1. The van der Waals surface area contributed by atoms with E-state index in [1.807, 2.05) is 30.3 Å². The lowest BCUT2D eigenvalue weighted by molar-refractivity contribution is -0.381. The number of fused-ring (bicyclic) bond motifs is 2. The molecular formula is C20H29NO2. The van der Waals surface area contributed by atoms with Crippen molar-refractivity contribution in [2.75, 3.05) is 0 Å². The van der Waals surface area contributed by atoms with E-state index in [-0.39, 0.29) is 23.9 Å². The van der Waals surface area contributed by atoms with Gasteiger partial charge in [-0.25, -0.2) is 0 Å². The SMILES string of the molecule is C[C@@H]1CC[C@@H]2[C@@H](C1)O[C@@H]1N([C@@H](C)[C@@]1(O)c1ccccc1)C2(C)C. The molecule has 0 amide bonds. The Morgan fingerprint density at radius 3 is 2.52 bits per heavy atom. The van der Waals surface area contributed by atoms with E-state index in [2.05, 4.69) is 32.6 Å². The van der Waals surface area contributed by atoms with Gasteiger partial charge in [-0.2, -0.15) is 0 Å². The first-order chi connectivity index (χ1) is 10.9. The minimum absolute atomic E-state index is 0.0743. The highest BCUT2D eigenvalue weighted by Gasteiger charge is 2.68. The summed E-state index contributed by atoms with van der Waals surface area (Å²) in [6, 6.07) is 10.1. The number of hydrogen-bond acceptors (Lipinski definition) is 3. The second-order valence-electron chi connectivity index (χ2n) is 8.48. The molecule has 1 aliphatic carbocycles. The molecule has 6 atom stereocenters. The van der Waals surface area contributed by atoms with Crippen LogP contribution in [-0.2, 0) is 10.3 Å². The maximum Gasteiger partial charge on any atom is 0.146 e. The molecule has 1 saturated carbocycles. The quantitative estimate of drug-likeness (QED) is 0.861. The molecule has 2 heterocycles. The van der Waals surface area contributed by atoms with Crippen molar-refractivity contribution in [2.24, 2.45) is 11.8 Å². The maximum absolute atomic E-state index is 11.5. The van der Waals surface area contributed by atoms with Crippen LogP contribution in [0.3, 0.4) is 0 Å². The van der Waals surface area contributed by atoms with Crippen LogP contribution in [0.4, 0.5) is 0 Å². The van der Waals surface area contributed by atoms with Gasteiger partial charge in [0.25, 0.3) is 0 Å². The first-order valence-electron chi connectivity index (χ1n) is 9.08. The Morgan fingerprint density at radius 2 is 1.83 bits per heavy atom. The molecule has 1 aromatic carbocycles. The van der Waals surface area contributed by atoms with E-state index >= 15 is 0 Å². The fourth-order valence-corrected chi connectivity index (χ4v) is 5.46. The molecule has 0 bridgehead atoms. The van der Waals surface area contributed by atoms with E-state index in [1.165, 1.54) is 12.8 Å². The Bertz CT molecular complexity index is 587. The van der Waals surface area contributed by atoms with Crippen LogP contribution >= 0.6 is 0 Å². The summed E-state index contributed by atoms with van der Waals surface area (Å²) in [5, 5.41) is 11.5. The summed E-state index contributed by atoms with van der Waals surface area (Å²) in [7, 11) is 0. The predicted molar refractivity (Wildman–Crippen MR) is 90.9 cm³/mol. The highest BCUT2D eigenvalue weighted by atomic mass is 16.5. The molecule has 3 fully saturated rings. The van der Waals surface area contributed by atoms with Crippen LogP contribution in [0.2, 0.25) is 0 Å². The van der Waals surface area contributed by atoms with Crippen LogP contribution < -0.4 is 0 Å². The molecule has 23 heavy (non-hydrogen) atoms. The van der Waals surface area contributed by atoms with E-state index in [9.17, 15) is 5.11 Å². The Kier molecular flexibility index (Phi) is 3.43. The highest BCUT2D eigenvalue weighted by Crippen LogP contribution is 2.56. The van der Waals surface area contributed by atoms with Gasteiger partial charge in [-0.1, -0.05) is 43.7 Å². The molecule has 0 spiro atoms. The van der Waals surface area contributed by atoms with E-state index in [4.69, 9.17) is 4.74 Å². The third-order valence-corrected chi connectivity index (χ3v) is 6.85. The van der Waals surface area contributed by atoms with Gasteiger partial charge in [0.1, 0.15) is 11.8 Å². The van der Waals surface area contributed by atoms with Gasteiger partial charge in [-0.05, 0) is 45.1 Å². The van der Waals surface area contributed by atoms with Gasteiger partial charge < -0.3 is 9.84 Å². The first-order valence-corrected chi connectivity index (χ1v) is 9.08. The number of rotatable bonds is 1. The van der Waals surface area contributed by atoms with Crippen molar-refractivity contribution in [3.05, 3.63) is 35.9 Å². The zero-order valence-corrected chi connectivity index (χ0v) is 14.7. The monoisotopic (exact) mass is 315 g/mol. The van der Waals surface area contributed by atoms with Gasteiger partial charge in [0, 0.05) is 17.5 Å². The van der Waals surface area contributed by atoms with Crippen LogP contribution in [0.5, 0.6) is 0 Å². The van der Waals surface area contributed by atoms with Gasteiger partial charge in [0.05, 0.1) is 6.10 Å². The summed E-state index contributed by atoms with van der Waals surface area (Å²) in [6.07, 6.45) is 3.71. The molecule has 0 aromatic heterocycles. The molecule has 0 radical (unpaired) electrons. The zero-order chi connectivity index (χ0) is 16.4.